The van der Waals surface area contributed by atoms with Gasteiger partial charge in [-0.1, -0.05) is 31.2 Å². The van der Waals surface area contributed by atoms with E-state index in [0.29, 0.717) is 12.0 Å². The SMILES string of the molecule is CCC(=Cc1ccc(CN2CCCC2)cc1)C(=O)O. The molecule has 0 atom stereocenters. The van der Waals surface area contributed by atoms with Crippen LogP contribution in [0.3, 0.4) is 0 Å². The molecule has 1 heterocycles. The van der Waals surface area contributed by atoms with Crippen LogP contribution in [0.25, 0.3) is 6.08 Å². The predicted molar refractivity (Wildman–Crippen MR) is 76.9 cm³/mol. The summed E-state index contributed by atoms with van der Waals surface area (Å²) in [6, 6.07) is 8.20. The molecule has 0 amide bonds. The van der Waals surface area contributed by atoms with Crippen LogP contribution in [0.1, 0.15) is 37.3 Å². The van der Waals surface area contributed by atoms with Crippen molar-refractivity contribution in [3.63, 3.8) is 0 Å². The van der Waals surface area contributed by atoms with Crippen LogP contribution < -0.4 is 0 Å². The maximum atomic E-state index is 11.0. The monoisotopic (exact) mass is 259 g/mol. The van der Waals surface area contributed by atoms with Crippen LogP contribution in [-0.4, -0.2) is 29.1 Å². The number of aliphatic carboxylic acids is 1. The van der Waals surface area contributed by atoms with Crippen molar-refractivity contribution in [1.82, 2.24) is 4.90 Å². The third-order valence-corrected chi connectivity index (χ3v) is 3.58. The molecule has 0 bridgehead atoms. The van der Waals surface area contributed by atoms with E-state index in [2.05, 4.69) is 17.0 Å². The number of likely N-dealkylation sites (tertiary alicyclic amines) is 1. The van der Waals surface area contributed by atoms with Gasteiger partial charge in [0.2, 0.25) is 0 Å². The summed E-state index contributed by atoms with van der Waals surface area (Å²) >= 11 is 0. The molecule has 0 radical (unpaired) electrons. The Morgan fingerprint density at radius 2 is 1.89 bits per heavy atom. The third-order valence-electron chi connectivity index (χ3n) is 3.58. The Morgan fingerprint density at radius 3 is 2.42 bits per heavy atom. The number of carbonyl (C=O) groups is 1. The fraction of sp³-hybridized carbons (Fsp3) is 0.438. The van der Waals surface area contributed by atoms with Gasteiger partial charge in [-0.3, -0.25) is 4.90 Å². The van der Waals surface area contributed by atoms with Crippen LogP contribution >= 0.6 is 0 Å². The summed E-state index contributed by atoms with van der Waals surface area (Å²) in [4.78, 5) is 13.4. The topological polar surface area (TPSA) is 40.5 Å². The molecule has 102 valence electrons. The number of carboxylic acids is 1. The second-order valence-electron chi connectivity index (χ2n) is 5.05. The average molecular weight is 259 g/mol. The largest absolute Gasteiger partial charge is 0.478 e. The van der Waals surface area contributed by atoms with E-state index in [1.54, 1.807) is 6.08 Å². The van der Waals surface area contributed by atoms with Gasteiger partial charge in [-0.15, -0.1) is 0 Å². The van der Waals surface area contributed by atoms with E-state index >= 15 is 0 Å². The van der Waals surface area contributed by atoms with Crippen molar-refractivity contribution in [3.8, 4) is 0 Å². The molecule has 1 aromatic carbocycles. The van der Waals surface area contributed by atoms with Crippen molar-refractivity contribution >= 4 is 12.0 Å². The summed E-state index contributed by atoms with van der Waals surface area (Å²) in [5.74, 6) is -0.830. The molecule has 1 saturated heterocycles. The summed E-state index contributed by atoms with van der Waals surface area (Å²) in [6.07, 6.45) is 4.91. The first-order chi connectivity index (χ1) is 9.19. The first-order valence-corrected chi connectivity index (χ1v) is 6.94. The van der Waals surface area contributed by atoms with Gasteiger partial charge in [0.1, 0.15) is 0 Å². The van der Waals surface area contributed by atoms with Crippen molar-refractivity contribution in [1.29, 1.82) is 0 Å². The molecular formula is C16H21NO2. The molecule has 0 unspecified atom stereocenters. The van der Waals surface area contributed by atoms with E-state index in [0.717, 1.165) is 12.1 Å². The second-order valence-corrected chi connectivity index (χ2v) is 5.05. The van der Waals surface area contributed by atoms with E-state index in [1.165, 1.54) is 31.5 Å². The Labute approximate surface area is 114 Å². The number of nitrogens with zero attached hydrogens (tertiary/aromatic N) is 1. The smallest absolute Gasteiger partial charge is 0.331 e. The summed E-state index contributed by atoms with van der Waals surface area (Å²) in [5, 5.41) is 9.00. The molecule has 0 aliphatic carbocycles. The Kier molecular flexibility index (Phi) is 4.74. The van der Waals surface area contributed by atoms with Crippen molar-refractivity contribution in [2.75, 3.05) is 13.1 Å². The molecule has 1 aliphatic rings. The zero-order valence-corrected chi connectivity index (χ0v) is 11.4. The van der Waals surface area contributed by atoms with Crippen LogP contribution in [0.15, 0.2) is 29.8 Å². The normalized spacial score (nSPS) is 16.8. The summed E-state index contributed by atoms with van der Waals surface area (Å²) in [7, 11) is 0. The minimum atomic E-state index is -0.830. The second kappa shape index (κ2) is 6.53. The van der Waals surface area contributed by atoms with E-state index < -0.39 is 5.97 Å². The zero-order chi connectivity index (χ0) is 13.7. The van der Waals surface area contributed by atoms with Gasteiger partial charge in [0, 0.05) is 12.1 Å². The quantitative estimate of drug-likeness (QED) is 0.826. The van der Waals surface area contributed by atoms with Crippen LogP contribution in [0.2, 0.25) is 0 Å². The van der Waals surface area contributed by atoms with Crippen molar-refractivity contribution in [2.45, 2.75) is 32.7 Å². The summed E-state index contributed by atoms with van der Waals surface area (Å²) in [6.45, 7) is 5.26. The molecule has 1 fully saturated rings. The van der Waals surface area contributed by atoms with E-state index in [9.17, 15) is 4.79 Å². The molecule has 3 nitrogen and oxygen atoms in total. The van der Waals surface area contributed by atoms with E-state index in [1.807, 2.05) is 19.1 Å². The highest BCUT2D eigenvalue weighted by Gasteiger charge is 2.11. The maximum absolute atomic E-state index is 11.0. The minimum Gasteiger partial charge on any atom is -0.478 e. The van der Waals surface area contributed by atoms with Crippen LogP contribution in [0.5, 0.6) is 0 Å². The number of hydrogen-bond acceptors (Lipinski definition) is 2. The Morgan fingerprint density at radius 1 is 1.26 bits per heavy atom. The van der Waals surface area contributed by atoms with Gasteiger partial charge in [0.25, 0.3) is 0 Å². The van der Waals surface area contributed by atoms with E-state index in [4.69, 9.17) is 5.11 Å². The molecule has 1 N–H and O–H groups in total. The Bertz CT molecular complexity index is 456. The van der Waals surface area contributed by atoms with Crippen LogP contribution in [-0.2, 0) is 11.3 Å². The molecule has 1 aromatic rings. The van der Waals surface area contributed by atoms with Crippen LogP contribution in [0, 0.1) is 0 Å². The molecule has 0 spiro atoms. The average Bonchev–Trinajstić information content (AvgIpc) is 2.90. The molecule has 3 heteroatoms. The van der Waals surface area contributed by atoms with Gasteiger partial charge in [-0.2, -0.15) is 0 Å². The molecule has 0 aromatic heterocycles. The van der Waals surface area contributed by atoms with Crippen molar-refractivity contribution < 1.29 is 9.90 Å². The first-order valence-electron chi connectivity index (χ1n) is 6.94. The lowest BCUT2D eigenvalue weighted by Gasteiger charge is -2.14. The lowest BCUT2D eigenvalue weighted by molar-refractivity contribution is -0.132. The summed E-state index contributed by atoms with van der Waals surface area (Å²) < 4.78 is 0. The highest BCUT2D eigenvalue weighted by atomic mass is 16.4. The molecule has 19 heavy (non-hydrogen) atoms. The van der Waals surface area contributed by atoms with Crippen LogP contribution in [0.4, 0.5) is 0 Å². The Balaban J connectivity index is 2.03. The molecule has 0 saturated carbocycles. The predicted octanol–water partition coefficient (Wildman–Crippen LogP) is 3.16. The fourth-order valence-corrected chi connectivity index (χ4v) is 2.43. The number of rotatable bonds is 5. The summed E-state index contributed by atoms with van der Waals surface area (Å²) in [5.41, 5.74) is 2.71. The molecule has 1 aliphatic heterocycles. The third kappa shape index (κ3) is 3.93. The fourth-order valence-electron chi connectivity index (χ4n) is 2.43. The lowest BCUT2D eigenvalue weighted by atomic mass is 10.1. The molecular weight excluding hydrogens is 238 g/mol. The highest BCUT2D eigenvalue weighted by molar-refractivity contribution is 5.92. The van der Waals surface area contributed by atoms with Gasteiger partial charge in [-0.25, -0.2) is 4.79 Å². The molecule has 2 rings (SSSR count). The number of hydrogen-bond donors (Lipinski definition) is 1. The van der Waals surface area contributed by atoms with E-state index in [-0.39, 0.29) is 0 Å². The highest BCUT2D eigenvalue weighted by Crippen LogP contribution is 2.15. The maximum Gasteiger partial charge on any atom is 0.331 e. The van der Waals surface area contributed by atoms with Crippen molar-refractivity contribution in [3.05, 3.63) is 41.0 Å². The van der Waals surface area contributed by atoms with Crippen molar-refractivity contribution in [2.24, 2.45) is 0 Å². The zero-order valence-electron chi connectivity index (χ0n) is 11.4. The van der Waals surface area contributed by atoms with Gasteiger partial charge in [0.05, 0.1) is 0 Å². The Hall–Kier alpha value is -1.61. The first kappa shape index (κ1) is 13.8. The minimum absolute atomic E-state index is 0.451. The number of benzene rings is 1. The number of carboxylic acid groups (broad SMARTS) is 1. The van der Waals surface area contributed by atoms with Gasteiger partial charge in [0.15, 0.2) is 0 Å². The lowest BCUT2D eigenvalue weighted by Crippen LogP contribution is -2.18. The standard InChI is InChI=1S/C16H21NO2/c1-2-15(16(18)19)11-13-5-7-14(8-6-13)12-17-9-3-4-10-17/h5-8,11H,2-4,9-10,12H2,1H3,(H,18,19). The van der Waals surface area contributed by atoms with Gasteiger partial charge >= 0.3 is 5.97 Å². The van der Waals surface area contributed by atoms with Gasteiger partial charge < -0.3 is 5.11 Å². The van der Waals surface area contributed by atoms with Gasteiger partial charge in [-0.05, 0) is 49.6 Å².